The zero-order valence-corrected chi connectivity index (χ0v) is 15.9. The number of carbonyl (C=O) groups is 3. The molecule has 3 rings (SSSR count). The molecule has 0 unspecified atom stereocenters. The summed E-state index contributed by atoms with van der Waals surface area (Å²) in [6.45, 7) is 3.36. The van der Waals surface area contributed by atoms with Crippen LogP contribution in [0.4, 0.5) is 10.6 Å². The highest BCUT2D eigenvalue weighted by atomic mass is 16.5. The topological polar surface area (TPSA) is 121 Å². The van der Waals surface area contributed by atoms with Crippen LogP contribution in [0.15, 0.2) is 18.3 Å². The lowest BCUT2D eigenvalue weighted by molar-refractivity contribution is -0.142. The second-order valence-corrected chi connectivity index (χ2v) is 7.23. The van der Waals surface area contributed by atoms with Gasteiger partial charge in [-0.3, -0.25) is 4.79 Å². The van der Waals surface area contributed by atoms with E-state index in [1.54, 1.807) is 19.1 Å². The second kappa shape index (κ2) is 8.90. The molecule has 1 aliphatic carbocycles. The maximum atomic E-state index is 12.1. The minimum absolute atomic E-state index is 0.0295. The summed E-state index contributed by atoms with van der Waals surface area (Å²) in [5.74, 6) is -0.678. The summed E-state index contributed by atoms with van der Waals surface area (Å²) < 4.78 is 4.93. The van der Waals surface area contributed by atoms with Crippen LogP contribution in [0.2, 0.25) is 0 Å². The smallest absolute Gasteiger partial charge is 0.339 e. The molecule has 1 aliphatic heterocycles. The number of pyridine rings is 1. The van der Waals surface area contributed by atoms with Crippen molar-refractivity contribution in [3.8, 4) is 0 Å². The first kappa shape index (κ1) is 19.9. The molecule has 28 heavy (non-hydrogen) atoms. The van der Waals surface area contributed by atoms with Crippen molar-refractivity contribution in [1.82, 2.24) is 15.6 Å². The highest BCUT2D eigenvalue weighted by Gasteiger charge is 2.31. The number of nitrogens with zero attached hydrogens (tertiary/aromatic N) is 2. The fourth-order valence-electron chi connectivity index (χ4n) is 3.56. The Morgan fingerprint density at radius 3 is 2.39 bits per heavy atom. The molecule has 1 saturated carbocycles. The number of hydrogen-bond donors (Lipinski definition) is 3. The van der Waals surface area contributed by atoms with Gasteiger partial charge in [-0.2, -0.15) is 0 Å². The van der Waals surface area contributed by atoms with Crippen LogP contribution < -0.4 is 15.5 Å². The number of esters is 1. The van der Waals surface area contributed by atoms with Crippen LogP contribution in [-0.2, 0) is 9.53 Å². The first-order valence-corrected chi connectivity index (χ1v) is 9.64. The van der Waals surface area contributed by atoms with E-state index in [0.29, 0.717) is 50.9 Å². The summed E-state index contributed by atoms with van der Waals surface area (Å²) in [5, 5.41) is 14.9. The van der Waals surface area contributed by atoms with Crippen LogP contribution in [-0.4, -0.2) is 59.8 Å². The number of carboxylic acid groups (broad SMARTS) is 1. The molecule has 152 valence electrons. The summed E-state index contributed by atoms with van der Waals surface area (Å²) in [6, 6.07) is 3.30. The molecule has 9 heteroatoms. The van der Waals surface area contributed by atoms with E-state index in [2.05, 4.69) is 15.6 Å². The van der Waals surface area contributed by atoms with Gasteiger partial charge in [0.1, 0.15) is 5.82 Å². The van der Waals surface area contributed by atoms with Gasteiger partial charge in [-0.05, 0) is 44.7 Å². The molecule has 1 aromatic heterocycles. The van der Waals surface area contributed by atoms with Gasteiger partial charge in [0.2, 0.25) is 0 Å². The monoisotopic (exact) mass is 390 g/mol. The van der Waals surface area contributed by atoms with E-state index in [9.17, 15) is 14.4 Å². The van der Waals surface area contributed by atoms with Crippen molar-refractivity contribution in [3.05, 3.63) is 23.9 Å². The van der Waals surface area contributed by atoms with E-state index < -0.39 is 11.9 Å². The quantitative estimate of drug-likeness (QED) is 0.628. The number of hydrogen-bond acceptors (Lipinski definition) is 6. The summed E-state index contributed by atoms with van der Waals surface area (Å²) in [7, 11) is 0. The Balaban J connectivity index is 1.38. The lowest BCUT2D eigenvalue weighted by Gasteiger charge is -2.40. The van der Waals surface area contributed by atoms with Gasteiger partial charge < -0.3 is 25.4 Å². The number of aliphatic carboxylic acids is 1. The highest BCUT2D eigenvalue weighted by Crippen LogP contribution is 2.24. The van der Waals surface area contributed by atoms with E-state index in [4.69, 9.17) is 9.84 Å². The van der Waals surface area contributed by atoms with Gasteiger partial charge in [-0.25, -0.2) is 14.6 Å². The third-order valence-electron chi connectivity index (χ3n) is 5.21. The molecule has 1 saturated heterocycles. The molecular formula is C19H26N4O5. The van der Waals surface area contributed by atoms with Crippen LogP contribution in [0.5, 0.6) is 0 Å². The Morgan fingerprint density at radius 1 is 1.14 bits per heavy atom. The SMILES string of the molecule is CCOC(=O)c1ccc(N2CC(NC(=O)NC3CCC(C(=O)O)CC3)C2)nc1. The van der Waals surface area contributed by atoms with Crippen molar-refractivity contribution in [3.63, 3.8) is 0 Å². The molecule has 0 spiro atoms. The number of rotatable bonds is 6. The number of nitrogens with one attached hydrogen (secondary N) is 2. The van der Waals surface area contributed by atoms with Gasteiger partial charge in [0.05, 0.1) is 24.1 Å². The van der Waals surface area contributed by atoms with Gasteiger partial charge in [0.25, 0.3) is 0 Å². The maximum Gasteiger partial charge on any atom is 0.339 e. The van der Waals surface area contributed by atoms with E-state index in [-0.39, 0.29) is 24.0 Å². The van der Waals surface area contributed by atoms with E-state index in [1.807, 2.05) is 4.90 Å². The van der Waals surface area contributed by atoms with Crippen molar-refractivity contribution in [1.29, 1.82) is 0 Å². The standard InChI is InChI=1S/C19H26N4O5/c1-2-28-18(26)13-5-8-16(20-9-13)23-10-15(11-23)22-19(27)21-14-6-3-12(4-7-14)17(24)25/h5,8-9,12,14-15H,2-4,6-7,10-11H2,1H3,(H,24,25)(H2,21,22,27). The number of urea groups is 1. The Labute approximate surface area is 163 Å². The fourth-order valence-corrected chi connectivity index (χ4v) is 3.56. The minimum atomic E-state index is -0.749. The van der Waals surface area contributed by atoms with Crippen molar-refractivity contribution in [2.24, 2.45) is 5.92 Å². The van der Waals surface area contributed by atoms with Gasteiger partial charge in [-0.1, -0.05) is 0 Å². The predicted octanol–water partition coefficient (Wildman–Crippen LogP) is 1.39. The largest absolute Gasteiger partial charge is 0.481 e. The lowest BCUT2D eigenvalue weighted by atomic mass is 9.86. The molecule has 9 nitrogen and oxygen atoms in total. The van der Waals surface area contributed by atoms with Crippen LogP contribution in [0, 0.1) is 5.92 Å². The van der Waals surface area contributed by atoms with Crippen LogP contribution >= 0.6 is 0 Å². The Hall–Kier alpha value is -2.84. The van der Waals surface area contributed by atoms with Crippen molar-refractivity contribution in [2.45, 2.75) is 44.7 Å². The van der Waals surface area contributed by atoms with Crippen molar-refractivity contribution < 1.29 is 24.2 Å². The predicted molar refractivity (Wildman–Crippen MR) is 101 cm³/mol. The normalized spacial score (nSPS) is 22.1. The Kier molecular flexibility index (Phi) is 6.33. The second-order valence-electron chi connectivity index (χ2n) is 7.23. The zero-order chi connectivity index (χ0) is 20.1. The number of amides is 2. The molecule has 0 radical (unpaired) electrons. The third-order valence-corrected chi connectivity index (χ3v) is 5.21. The molecule has 0 aromatic carbocycles. The highest BCUT2D eigenvalue weighted by molar-refractivity contribution is 5.89. The molecule has 2 aliphatic rings. The first-order chi connectivity index (χ1) is 13.5. The number of aromatic nitrogens is 1. The van der Waals surface area contributed by atoms with Gasteiger partial charge in [0.15, 0.2) is 0 Å². The van der Waals surface area contributed by atoms with Crippen LogP contribution in [0.25, 0.3) is 0 Å². The Morgan fingerprint density at radius 2 is 1.82 bits per heavy atom. The van der Waals surface area contributed by atoms with Gasteiger partial charge >= 0.3 is 18.0 Å². The average Bonchev–Trinajstić information content (AvgIpc) is 2.65. The number of ether oxygens (including phenoxy) is 1. The molecule has 0 atom stereocenters. The average molecular weight is 390 g/mol. The van der Waals surface area contributed by atoms with E-state index >= 15 is 0 Å². The van der Waals surface area contributed by atoms with E-state index in [1.165, 1.54) is 6.20 Å². The van der Waals surface area contributed by atoms with Gasteiger partial charge in [-0.15, -0.1) is 0 Å². The molecule has 2 amide bonds. The molecule has 3 N–H and O–H groups in total. The summed E-state index contributed by atoms with van der Waals surface area (Å²) in [5.41, 5.74) is 0.415. The molecular weight excluding hydrogens is 364 g/mol. The molecule has 0 bridgehead atoms. The Bertz CT molecular complexity index is 710. The lowest BCUT2D eigenvalue weighted by Crippen LogP contribution is -2.62. The van der Waals surface area contributed by atoms with Crippen LogP contribution in [0.3, 0.4) is 0 Å². The first-order valence-electron chi connectivity index (χ1n) is 9.64. The number of anilines is 1. The van der Waals surface area contributed by atoms with Crippen molar-refractivity contribution >= 4 is 23.8 Å². The maximum absolute atomic E-state index is 12.1. The fraction of sp³-hybridized carbons (Fsp3) is 0.579. The summed E-state index contributed by atoms with van der Waals surface area (Å²) >= 11 is 0. The number of carboxylic acids is 1. The summed E-state index contributed by atoms with van der Waals surface area (Å²) in [4.78, 5) is 41.0. The zero-order valence-electron chi connectivity index (χ0n) is 15.9. The van der Waals surface area contributed by atoms with E-state index in [0.717, 1.165) is 5.82 Å². The van der Waals surface area contributed by atoms with Gasteiger partial charge in [0, 0.05) is 25.3 Å². The summed E-state index contributed by atoms with van der Waals surface area (Å²) in [6.07, 6.45) is 4.08. The molecule has 2 heterocycles. The minimum Gasteiger partial charge on any atom is -0.481 e. The van der Waals surface area contributed by atoms with Crippen LogP contribution in [0.1, 0.15) is 43.0 Å². The molecule has 1 aromatic rings. The third kappa shape index (κ3) is 4.90. The van der Waals surface area contributed by atoms with Crippen molar-refractivity contribution in [2.75, 3.05) is 24.6 Å². The molecule has 2 fully saturated rings. The number of carbonyl (C=O) groups excluding carboxylic acids is 2.